The highest BCUT2D eigenvalue weighted by Crippen LogP contribution is 2.28. The van der Waals surface area contributed by atoms with Gasteiger partial charge in [-0.15, -0.1) is 5.10 Å². The van der Waals surface area contributed by atoms with Gasteiger partial charge in [-0.2, -0.15) is 4.68 Å². The van der Waals surface area contributed by atoms with E-state index in [0.717, 1.165) is 31.5 Å². The first-order valence-corrected chi connectivity index (χ1v) is 9.53. The Hall–Kier alpha value is -2.09. The van der Waals surface area contributed by atoms with Crippen LogP contribution in [0.1, 0.15) is 39.5 Å². The number of nitrogens with zero attached hydrogens (tertiary/aromatic N) is 5. The predicted octanol–water partition coefficient (Wildman–Crippen LogP) is 2.64. The lowest BCUT2D eigenvalue weighted by Crippen LogP contribution is -2.46. The van der Waals surface area contributed by atoms with E-state index in [9.17, 15) is 9.90 Å². The smallest absolute Gasteiger partial charge is 0.236 e. The Morgan fingerprint density at radius 1 is 1.36 bits per heavy atom. The Morgan fingerprint density at radius 3 is 2.84 bits per heavy atom. The van der Waals surface area contributed by atoms with Gasteiger partial charge in [-0.25, -0.2) is 0 Å². The first-order valence-electron chi connectivity index (χ1n) is 8.65. The molecule has 1 saturated heterocycles. The molecule has 1 aliphatic heterocycles. The second kappa shape index (κ2) is 7.86. The maximum atomic E-state index is 12.9. The maximum absolute atomic E-state index is 12.9. The lowest BCUT2D eigenvalue weighted by molar-refractivity contribution is -0.134. The van der Waals surface area contributed by atoms with E-state index in [4.69, 9.17) is 0 Å². The normalized spacial score (nSPS) is 19.0. The first-order chi connectivity index (χ1) is 12.1. The minimum Gasteiger partial charge on any atom is -0.508 e. The number of tetrazole rings is 1. The number of amides is 1. The highest BCUT2D eigenvalue weighted by Gasteiger charge is 2.30. The fourth-order valence-corrected chi connectivity index (χ4v) is 4.04. The molecule has 3 rings (SSSR count). The highest BCUT2D eigenvalue weighted by molar-refractivity contribution is 8.00. The molecule has 0 bridgehead atoms. The van der Waals surface area contributed by atoms with Crippen LogP contribution >= 0.6 is 11.8 Å². The Morgan fingerprint density at radius 2 is 2.12 bits per heavy atom. The van der Waals surface area contributed by atoms with Gasteiger partial charge in [0.1, 0.15) is 5.75 Å². The molecule has 2 atom stereocenters. The summed E-state index contributed by atoms with van der Waals surface area (Å²) in [6.07, 6.45) is 4.35. The molecule has 0 radical (unpaired) electrons. The fourth-order valence-electron chi connectivity index (χ4n) is 3.17. The Bertz CT molecular complexity index is 718. The average molecular weight is 361 g/mol. The summed E-state index contributed by atoms with van der Waals surface area (Å²) in [4.78, 5) is 14.9. The standard InChI is InChI=1S/C17H23N5O2S/c1-3-13-6-4-5-11-21(13)16(24)12(2)25-17-18-19-20-22(17)14-7-9-15(23)10-8-14/h7-10,12-13,23H,3-6,11H2,1-2H3. The SMILES string of the molecule is CCC1CCCCN1C(=O)C(C)Sc1nnnn1-c1ccc(O)cc1. The number of phenolic OH excluding ortho intramolecular Hbond substituents is 1. The molecule has 7 nitrogen and oxygen atoms in total. The van der Waals surface area contributed by atoms with Gasteiger partial charge in [0.05, 0.1) is 10.9 Å². The van der Waals surface area contributed by atoms with E-state index in [-0.39, 0.29) is 16.9 Å². The molecule has 1 aliphatic rings. The fraction of sp³-hybridized carbons (Fsp3) is 0.529. The summed E-state index contributed by atoms with van der Waals surface area (Å²) in [5.41, 5.74) is 0.745. The van der Waals surface area contributed by atoms with Crippen LogP contribution in [0.25, 0.3) is 5.69 Å². The molecule has 0 spiro atoms. The van der Waals surface area contributed by atoms with Crippen molar-refractivity contribution in [3.8, 4) is 11.4 Å². The van der Waals surface area contributed by atoms with Crippen LogP contribution in [0.15, 0.2) is 29.4 Å². The van der Waals surface area contributed by atoms with Gasteiger partial charge in [-0.3, -0.25) is 4.79 Å². The molecule has 2 aromatic rings. The van der Waals surface area contributed by atoms with E-state index >= 15 is 0 Å². The van der Waals surface area contributed by atoms with Gasteiger partial charge in [0.15, 0.2) is 0 Å². The number of hydrogen-bond acceptors (Lipinski definition) is 6. The monoisotopic (exact) mass is 361 g/mol. The van der Waals surface area contributed by atoms with E-state index < -0.39 is 0 Å². The molecule has 2 unspecified atom stereocenters. The summed E-state index contributed by atoms with van der Waals surface area (Å²) in [5, 5.41) is 21.5. The number of likely N-dealkylation sites (tertiary alicyclic amines) is 1. The van der Waals surface area contributed by atoms with Crippen molar-refractivity contribution in [2.45, 2.75) is 56.0 Å². The van der Waals surface area contributed by atoms with Gasteiger partial charge in [-0.1, -0.05) is 18.7 Å². The van der Waals surface area contributed by atoms with Crippen molar-refractivity contribution in [3.63, 3.8) is 0 Å². The van der Waals surface area contributed by atoms with Crippen molar-refractivity contribution in [3.05, 3.63) is 24.3 Å². The average Bonchev–Trinajstić information content (AvgIpc) is 3.09. The largest absolute Gasteiger partial charge is 0.508 e. The van der Waals surface area contributed by atoms with E-state index in [1.165, 1.54) is 18.2 Å². The van der Waals surface area contributed by atoms with Gasteiger partial charge < -0.3 is 10.0 Å². The lowest BCUT2D eigenvalue weighted by Gasteiger charge is -2.36. The number of hydrogen-bond donors (Lipinski definition) is 1. The molecule has 8 heteroatoms. The second-order valence-electron chi connectivity index (χ2n) is 6.24. The molecule has 2 heterocycles. The van der Waals surface area contributed by atoms with Crippen LogP contribution in [-0.4, -0.2) is 54.0 Å². The van der Waals surface area contributed by atoms with Crippen molar-refractivity contribution in [1.29, 1.82) is 0 Å². The summed E-state index contributed by atoms with van der Waals surface area (Å²) in [5.74, 6) is 0.335. The summed E-state index contributed by atoms with van der Waals surface area (Å²) in [7, 11) is 0. The Balaban J connectivity index is 1.73. The number of rotatable bonds is 5. The maximum Gasteiger partial charge on any atom is 0.236 e. The predicted molar refractivity (Wildman–Crippen MR) is 95.8 cm³/mol. The van der Waals surface area contributed by atoms with Crippen LogP contribution in [-0.2, 0) is 4.79 Å². The number of thioether (sulfide) groups is 1. The van der Waals surface area contributed by atoms with Crippen LogP contribution in [0.4, 0.5) is 0 Å². The van der Waals surface area contributed by atoms with Gasteiger partial charge >= 0.3 is 0 Å². The number of aromatic nitrogens is 4. The zero-order valence-electron chi connectivity index (χ0n) is 14.5. The molecular weight excluding hydrogens is 338 g/mol. The molecule has 1 fully saturated rings. The molecular formula is C17H23N5O2S. The van der Waals surface area contributed by atoms with Crippen LogP contribution < -0.4 is 0 Å². The van der Waals surface area contributed by atoms with Crippen LogP contribution in [0.5, 0.6) is 5.75 Å². The Labute approximate surface area is 151 Å². The summed E-state index contributed by atoms with van der Waals surface area (Å²) in [6, 6.07) is 6.98. The minimum atomic E-state index is -0.256. The van der Waals surface area contributed by atoms with Gasteiger partial charge in [0.2, 0.25) is 11.1 Å². The summed E-state index contributed by atoms with van der Waals surface area (Å²) < 4.78 is 1.58. The number of carbonyl (C=O) groups is 1. The molecule has 25 heavy (non-hydrogen) atoms. The molecule has 1 amide bonds. The second-order valence-corrected chi connectivity index (χ2v) is 7.55. The zero-order chi connectivity index (χ0) is 17.8. The Kier molecular flexibility index (Phi) is 5.57. The van der Waals surface area contributed by atoms with Gasteiger partial charge in [0, 0.05) is 12.6 Å². The van der Waals surface area contributed by atoms with E-state index in [1.807, 2.05) is 11.8 Å². The van der Waals surface area contributed by atoms with Crippen molar-refractivity contribution >= 4 is 17.7 Å². The first kappa shape index (κ1) is 17.7. The van der Waals surface area contributed by atoms with Gasteiger partial charge in [0.25, 0.3) is 0 Å². The highest BCUT2D eigenvalue weighted by atomic mass is 32.2. The number of phenols is 1. The van der Waals surface area contributed by atoms with Crippen LogP contribution in [0.3, 0.4) is 0 Å². The topological polar surface area (TPSA) is 84.1 Å². The van der Waals surface area contributed by atoms with Crippen molar-refractivity contribution in [2.75, 3.05) is 6.54 Å². The lowest BCUT2D eigenvalue weighted by atomic mass is 10.00. The zero-order valence-corrected chi connectivity index (χ0v) is 15.3. The third kappa shape index (κ3) is 3.95. The molecule has 0 saturated carbocycles. The van der Waals surface area contributed by atoms with E-state index in [2.05, 4.69) is 22.4 Å². The number of piperidine rings is 1. The quantitative estimate of drug-likeness (QED) is 0.824. The number of carbonyl (C=O) groups excluding carboxylic acids is 1. The minimum absolute atomic E-state index is 0.150. The molecule has 1 aromatic carbocycles. The third-order valence-electron chi connectivity index (χ3n) is 4.55. The van der Waals surface area contributed by atoms with Crippen molar-refractivity contribution < 1.29 is 9.90 Å². The molecule has 134 valence electrons. The molecule has 1 aromatic heterocycles. The van der Waals surface area contributed by atoms with Crippen LogP contribution in [0, 0.1) is 0 Å². The number of benzene rings is 1. The summed E-state index contributed by atoms with van der Waals surface area (Å²) in [6.45, 7) is 4.88. The van der Waals surface area contributed by atoms with Crippen LogP contribution in [0.2, 0.25) is 0 Å². The molecule has 1 N–H and O–H groups in total. The molecule has 0 aliphatic carbocycles. The summed E-state index contributed by atoms with van der Waals surface area (Å²) >= 11 is 1.36. The van der Waals surface area contributed by atoms with E-state index in [1.54, 1.807) is 28.9 Å². The van der Waals surface area contributed by atoms with Crippen molar-refractivity contribution in [2.24, 2.45) is 0 Å². The third-order valence-corrected chi connectivity index (χ3v) is 5.57. The van der Waals surface area contributed by atoms with Gasteiger partial charge in [-0.05, 0) is 67.3 Å². The number of aromatic hydroxyl groups is 1. The van der Waals surface area contributed by atoms with E-state index in [0.29, 0.717) is 11.2 Å². The van der Waals surface area contributed by atoms with Crippen molar-refractivity contribution in [1.82, 2.24) is 25.1 Å².